The third-order valence-corrected chi connectivity index (χ3v) is 3.27. The third-order valence-electron chi connectivity index (χ3n) is 3.27. The van der Waals surface area contributed by atoms with Crippen LogP contribution < -0.4 is 16.0 Å². The highest BCUT2D eigenvalue weighted by atomic mass is 16.5. The first kappa shape index (κ1) is 15.8. The van der Waals surface area contributed by atoms with Crippen LogP contribution >= 0.6 is 0 Å². The highest BCUT2D eigenvalue weighted by molar-refractivity contribution is 5.46. The van der Waals surface area contributed by atoms with Gasteiger partial charge in [0.05, 0.1) is 12.3 Å². The number of nitrogen functional groups attached to an aromatic ring is 1. The molecule has 0 heterocycles. The summed E-state index contributed by atoms with van der Waals surface area (Å²) in [6.07, 6.45) is 10.6. The summed E-state index contributed by atoms with van der Waals surface area (Å²) in [6.45, 7) is 3.05. The molecule has 3 nitrogen and oxygen atoms in total. The molecule has 0 spiro atoms. The molecule has 1 aromatic rings. The van der Waals surface area contributed by atoms with Gasteiger partial charge in [-0.3, -0.25) is 5.84 Å². The summed E-state index contributed by atoms with van der Waals surface area (Å²) in [5.74, 6) is 6.24. The van der Waals surface area contributed by atoms with Crippen LogP contribution in [0.2, 0.25) is 0 Å². The number of hydrogen-bond donors (Lipinski definition) is 2. The maximum absolute atomic E-state index is 5.70. The van der Waals surface area contributed by atoms with E-state index in [1.165, 1.54) is 44.9 Å². The number of hydrogen-bond acceptors (Lipinski definition) is 3. The van der Waals surface area contributed by atoms with Gasteiger partial charge in [0, 0.05) is 6.07 Å². The lowest BCUT2D eigenvalue weighted by molar-refractivity contribution is 0.304. The minimum atomic E-state index is 0.795. The Hall–Kier alpha value is -1.22. The predicted molar refractivity (Wildman–Crippen MR) is 82.4 cm³/mol. The third kappa shape index (κ3) is 7.73. The van der Waals surface area contributed by atoms with Gasteiger partial charge in [-0.25, -0.2) is 0 Å². The molecule has 1 rings (SSSR count). The number of rotatable bonds is 11. The molecule has 0 aliphatic rings. The number of anilines is 1. The minimum Gasteiger partial charge on any atom is -0.494 e. The molecule has 0 radical (unpaired) electrons. The van der Waals surface area contributed by atoms with Crippen molar-refractivity contribution < 1.29 is 4.74 Å². The Labute approximate surface area is 117 Å². The normalized spacial score (nSPS) is 10.4. The van der Waals surface area contributed by atoms with Gasteiger partial charge in [-0.2, -0.15) is 0 Å². The Balaban J connectivity index is 1.98. The summed E-state index contributed by atoms with van der Waals surface area (Å²) in [5.41, 5.74) is 3.51. The molecule has 0 aliphatic heterocycles. The first-order valence-corrected chi connectivity index (χ1v) is 7.56. The molecule has 0 fully saturated rings. The lowest BCUT2D eigenvalue weighted by atomic mass is 10.1. The average molecular weight is 264 g/mol. The van der Waals surface area contributed by atoms with E-state index < -0.39 is 0 Å². The number of unbranched alkanes of at least 4 members (excludes halogenated alkanes) is 7. The van der Waals surface area contributed by atoms with Crippen LogP contribution in [-0.4, -0.2) is 6.61 Å². The molecule has 0 unspecified atom stereocenters. The van der Waals surface area contributed by atoms with Crippen molar-refractivity contribution in [3.05, 3.63) is 24.3 Å². The van der Waals surface area contributed by atoms with Crippen molar-refractivity contribution >= 4 is 5.69 Å². The van der Waals surface area contributed by atoms with Gasteiger partial charge in [-0.15, -0.1) is 0 Å². The van der Waals surface area contributed by atoms with Crippen molar-refractivity contribution in [3.8, 4) is 5.75 Å². The molecule has 1 aromatic carbocycles. The zero-order valence-electron chi connectivity index (χ0n) is 12.2. The summed E-state index contributed by atoms with van der Waals surface area (Å²) >= 11 is 0. The maximum atomic E-state index is 5.70. The van der Waals surface area contributed by atoms with E-state index in [1.54, 1.807) is 0 Å². The van der Waals surface area contributed by atoms with Crippen molar-refractivity contribution in [2.24, 2.45) is 5.84 Å². The van der Waals surface area contributed by atoms with Crippen molar-refractivity contribution in [2.45, 2.75) is 58.3 Å². The van der Waals surface area contributed by atoms with E-state index >= 15 is 0 Å². The van der Waals surface area contributed by atoms with Crippen LogP contribution in [0.1, 0.15) is 58.3 Å². The maximum Gasteiger partial charge on any atom is 0.121 e. The zero-order valence-corrected chi connectivity index (χ0v) is 12.2. The lowest BCUT2D eigenvalue weighted by Crippen LogP contribution is -2.06. The fraction of sp³-hybridized carbons (Fsp3) is 0.625. The Bertz CT molecular complexity index is 328. The van der Waals surface area contributed by atoms with Crippen LogP contribution in [0.3, 0.4) is 0 Å². The summed E-state index contributed by atoms with van der Waals surface area (Å²) in [5, 5.41) is 0. The van der Waals surface area contributed by atoms with E-state index in [0.29, 0.717) is 0 Å². The monoisotopic (exact) mass is 264 g/mol. The number of ether oxygens (including phenoxy) is 1. The van der Waals surface area contributed by atoms with Crippen LogP contribution in [0.5, 0.6) is 5.75 Å². The van der Waals surface area contributed by atoms with Gasteiger partial charge in [-0.05, 0) is 18.6 Å². The zero-order chi connectivity index (χ0) is 13.8. The molecule has 0 saturated carbocycles. The average Bonchev–Trinajstić information content (AvgIpc) is 2.46. The first-order chi connectivity index (χ1) is 9.36. The van der Waals surface area contributed by atoms with Gasteiger partial charge in [0.25, 0.3) is 0 Å². The second-order valence-corrected chi connectivity index (χ2v) is 5.00. The van der Waals surface area contributed by atoms with Gasteiger partial charge < -0.3 is 10.2 Å². The van der Waals surface area contributed by atoms with Crippen LogP contribution in [0.25, 0.3) is 0 Å². The molecule has 0 aliphatic carbocycles. The Kier molecular flexibility index (Phi) is 8.90. The molecule has 19 heavy (non-hydrogen) atoms. The molecule has 3 N–H and O–H groups in total. The van der Waals surface area contributed by atoms with Gasteiger partial charge in [-0.1, -0.05) is 57.9 Å². The Morgan fingerprint density at radius 1 is 1.00 bits per heavy atom. The van der Waals surface area contributed by atoms with Crippen LogP contribution in [0.4, 0.5) is 5.69 Å². The Morgan fingerprint density at radius 2 is 1.68 bits per heavy atom. The summed E-state index contributed by atoms with van der Waals surface area (Å²) in [7, 11) is 0. The standard InChI is InChI=1S/C16H28N2O/c1-2-3-4-5-6-7-8-9-13-19-16-12-10-11-15(14-16)18-17/h10-12,14,18H,2-9,13,17H2,1H3. The van der Waals surface area contributed by atoms with Crippen LogP contribution in [0, 0.1) is 0 Å². The van der Waals surface area contributed by atoms with E-state index in [4.69, 9.17) is 10.6 Å². The summed E-state index contributed by atoms with van der Waals surface area (Å²) in [4.78, 5) is 0. The molecular weight excluding hydrogens is 236 g/mol. The number of nitrogens with one attached hydrogen (secondary N) is 1. The van der Waals surface area contributed by atoms with Crippen molar-refractivity contribution in [1.82, 2.24) is 0 Å². The number of benzene rings is 1. The van der Waals surface area contributed by atoms with E-state index in [9.17, 15) is 0 Å². The first-order valence-electron chi connectivity index (χ1n) is 7.56. The molecule has 3 heteroatoms. The summed E-state index contributed by atoms with van der Waals surface area (Å²) in [6, 6.07) is 7.75. The Morgan fingerprint density at radius 3 is 2.37 bits per heavy atom. The topological polar surface area (TPSA) is 47.3 Å². The summed E-state index contributed by atoms with van der Waals surface area (Å²) < 4.78 is 5.70. The fourth-order valence-corrected chi connectivity index (χ4v) is 2.10. The van der Waals surface area contributed by atoms with Crippen molar-refractivity contribution in [1.29, 1.82) is 0 Å². The van der Waals surface area contributed by atoms with E-state index in [0.717, 1.165) is 24.5 Å². The van der Waals surface area contributed by atoms with Crippen LogP contribution in [0.15, 0.2) is 24.3 Å². The number of hydrazine groups is 1. The van der Waals surface area contributed by atoms with E-state index in [1.807, 2.05) is 24.3 Å². The second kappa shape index (κ2) is 10.7. The minimum absolute atomic E-state index is 0.795. The molecule has 108 valence electrons. The molecule has 0 atom stereocenters. The second-order valence-electron chi connectivity index (χ2n) is 5.00. The molecular formula is C16H28N2O. The molecule has 0 aromatic heterocycles. The van der Waals surface area contributed by atoms with Crippen molar-refractivity contribution in [2.75, 3.05) is 12.0 Å². The van der Waals surface area contributed by atoms with E-state index in [-0.39, 0.29) is 0 Å². The van der Waals surface area contributed by atoms with Crippen molar-refractivity contribution in [3.63, 3.8) is 0 Å². The smallest absolute Gasteiger partial charge is 0.121 e. The highest BCUT2D eigenvalue weighted by Crippen LogP contribution is 2.17. The molecule has 0 bridgehead atoms. The molecule has 0 saturated heterocycles. The van der Waals surface area contributed by atoms with Gasteiger partial charge in [0.1, 0.15) is 5.75 Å². The number of nitrogens with two attached hydrogens (primary N) is 1. The van der Waals surface area contributed by atoms with Gasteiger partial charge in [0.15, 0.2) is 0 Å². The largest absolute Gasteiger partial charge is 0.494 e. The van der Waals surface area contributed by atoms with Gasteiger partial charge >= 0.3 is 0 Å². The molecule has 0 amide bonds. The van der Waals surface area contributed by atoms with E-state index in [2.05, 4.69) is 12.3 Å². The quantitative estimate of drug-likeness (QED) is 0.351. The lowest BCUT2D eigenvalue weighted by Gasteiger charge is -2.07. The SMILES string of the molecule is CCCCCCCCCCOc1cccc(NN)c1. The predicted octanol–water partition coefficient (Wildman–Crippen LogP) is 4.49. The van der Waals surface area contributed by atoms with Crippen LogP contribution in [-0.2, 0) is 0 Å². The van der Waals surface area contributed by atoms with Gasteiger partial charge in [0.2, 0.25) is 0 Å². The fourth-order valence-electron chi connectivity index (χ4n) is 2.10. The highest BCUT2D eigenvalue weighted by Gasteiger charge is 1.96.